The minimum Gasteiger partial charge on any atom is -0.370 e. The summed E-state index contributed by atoms with van der Waals surface area (Å²) in [4.78, 5) is 19.2. The lowest BCUT2D eigenvalue weighted by Crippen LogP contribution is -2.25. The van der Waals surface area contributed by atoms with Crippen LogP contribution in [0.2, 0.25) is 4.34 Å². The fourth-order valence-corrected chi connectivity index (χ4v) is 2.91. The Morgan fingerprint density at radius 1 is 1.40 bits per heavy atom. The Morgan fingerprint density at radius 2 is 2.20 bits per heavy atom. The third-order valence-corrected chi connectivity index (χ3v) is 3.95. The molecular formula is C14H16ClN3OS. The first-order chi connectivity index (χ1) is 9.60. The molecule has 0 radical (unpaired) electrons. The van der Waals surface area contributed by atoms with E-state index in [0.29, 0.717) is 12.1 Å². The number of amides is 1. The van der Waals surface area contributed by atoms with Crippen LogP contribution in [0.25, 0.3) is 0 Å². The molecule has 106 valence electrons. The van der Waals surface area contributed by atoms with Crippen molar-refractivity contribution in [2.24, 2.45) is 0 Å². The number of nitrogens with one attached hydrogen (secondary N) is 1. The molecule has 1 N–H and O–H groups in total. The third kappa shape index (κ3) is 3.71. The Kier molecular flexibility index (Phi) is 4.98. The van der Waals surface area contributed by atoms with E-state index in [9.17, 15) is 4.79 Å². The highest BCUT2D eigenvalue weighted by molar-refractivity contribution is 7.16. The van der Waals surface area contributed by atoms with Gasteiger partial charge in [-0.15, -0.1) is 11.3 Å². The number of aromatic nitrogens is 1. The molecular weight excluding hydrogens is 294 g/mol. The van der Waals surface area contributed by atoms with Gasteiger partial charge in [0, 0.05) is 24.7 Å². The maximum atomic E-state index is 12.3. The van der Waals surface area contributed by atoms with Gasteiger partial charge in [-0.05, 0) is 31.2 Å². The average Bonchev–Trinajstić information content (AvgIpc) is 2.84. The van der Waals surface area contributed by atoms with Gasteiger partial charge in [-0.3, -0.25) is 4.79 Å². The minimum absolute atomic E-state index is 0.0509. The molecule has 0 saturated heterocycles. The normalized spacial score (nSPS) is 10.3. The van der Waals surface area contributed by atoms with Crippen LogP contribution in [0.15, 0.2) is 30.5 Å². The molecule has 0 aliphatic heterocycles. The molecule has 2 aromatic heterocycles. The first-order valence-corrected chi connectivity index (χ1v) is 7.49. The number of hydrogen-bond acceptors (Lipinski definition) is 4. The summed E-state index contributed by atoms with van der Waals surface area (Å²) >= 11 is 7.37. The van der Waals surface area contributed by atoms with Crippen LogP contribution in [-0.4, -0.2) is 29.4 Å². The Labute approximate surface area is 127 Å². The molecule has 2 rings (SSSR count). The van der Waals surface area contributed by atoms with Crippen molar-refractivity contribution in [2.45, 2.75) is 13.5 Å². The molecule has 0 aliphatic carbocycles. The summed E-state index contributed by atoms with van der Waals surface area (Å²) in [5.41, 5.74) is 0.580. The van der Waals surface area contributed by atoms with Crippen molar-refractivity contribution >= 4 is 34.7 Å². The van der Waals surface area contributed by atoms with Crippen molar-refractivity contribution in [1.29, 1.82) is 0 Å². The number of carbonyl (C=O) groups excluding carboxylic acids is 1. The van der Waals surface area contributed by atoms with Crippen LogP contribution in [0.1, 0.15) is 22.2 Å². The smallest absolute Gasteiger partial charge is 0.255 e. The summed E-state index contributed by atoms with van der Waals surface area (Å²) in [6.45, 7) is 3.35. The van der Waals surface area contributed by atoms with Crippen LogP contribution in [-0.2, 0) is 6.54 Å². The fourth-order valence-electron chi connectivity index (χ4n) is 1.77. The molecule has 0 spiro atoms. The van der Waals surface area contributed by atoms with E-state index in [-0.39, 0.29) is 5.91 Å². The monoisotopic (exact) mass is 309 g/mol. The topological polar surface area (TPSA) is 45.2 Å². The van der Waals surface area contributed by atoms with Gasteiger partial charge < -0.3 is 10.2 Å². The molecule has 0 aliphatic rings. The van der Waals surface area contributed by atoms with Gasteiger partial charge in [-0.1, -0.05) is 11.6 Å². The van der Waals surface area contributed by atoms with Crippen molar-refractivity contribution in [1.82, 2.24) is 9.88 Å². The molecule has 0 unspecified atom stereocenters. The number of nitrogens with zero attached hydrogens (tertiary/aromatic N) is 2. The van der Waals surface area contributed by atoms with Crippen molar-refractivity contribution in [3.63, 3.8) is 0 Å². The van der Waals surface area contributed by atoms with Crippen LogP contribution in [0, 0.1) is 0 Å². The van der Waals surface area contributed by atoms with Crippen LogP contribution in [0.4, 0.5) is 5.82 Å². The maximum absolute atomic E-state index is 12.3. The van der Waals surface area contributed by atoms with Gasteiger partial charge in [0.15, 0.2) is 0 Å². The molecule has 0 atom stereocenters. The van der Waals surface area contributed by atoms with E-state index < -0.39 is 0 Å². The maximum Gasteiger partial charge on any atom is 0.255 e. The number of hydrogen-bond donors (Lipinski definition) is 1. The molecule has 0 bridgehead atoms. The largest absolute Gasteiger partial charge is 0.370 e. The van der Waals surface area contributed by atoms with Gasteiger partial charge >= 0.3 is 0 Å². The Hall–Kier alpha value is -1.59. The molecule has 6 heteroatoms. The summed E-state index contributed by atoms with van der Waals surface area (Å²) in [5.74, 6) is 0.724. The molecule has 2 aromatic rings. The van der Waals surface area contributed by atoms with E-state index in [4.69, 9.17) is 11.6 Å². The van der Waals surface area contributed by atoms with Gasteiger partial charge in [0.2, 0.25) is 0 Å². The summed E-state index contributed by atoms with van der Waals surface area (Å²) in [5, 5.41) is 3.10. The van der Waals surface area contributed by atoms with E-state index in [0.717, 1.165) is 21.6 Å². The van der Waals surface area contributed by atoms with E-state index in [1.165, 1.54) is 11.3 Å². The summed E-state index contributed by atoms with van der Waals surface area (Å²) in [6.07, 6.45) is 1.60. The quantitative estimate of drug-likeness (QED) is 0.919. The minimum atomic E-state index is -0.0509. The van der Waals surface area contributed by atoms with Gasteiger partial charge in [-0.2, -0.15) is 0 Å². The molecule has 0 saturated carbocycles. The highest BCUT2D eigenvalue weighted by Crippen LogP contribution is 2.22. The number of thiophene rings is 1. The highest BCUT2D eigenvalue weighted by atomic mass is 35.5. The fraction of sp³-hybridized carbons (Fsp3) is 0.286. The van der Waals surface area contributed by atoms with E-state index in [1.807, 2.05) is 25.1 Å². The summed E-state index contributed by atoms with van der Waals surface area (Å²) in [6, 6.07) is 7.37. The summed E-state index contributed by atoms with van der Waals surface area (Å²) < 4.78 is 0.734. The zero-order chi connectivity index (χ0) is 14.5. The molecule has 0 fully saturated rings. The lowest BCUT2D eigenvalue weighted by Gasteiger charge is -2.16. The van der Waals surface area contributed by atoms with Crippen molar-refractivity contribution in [3.05, 3.63) is 45.2 Å². The Morgan fingerprint density at radius 3 is 2.75 bits per heavy atom. The molecule has 4 nitrogen and oxygen atoms in total. The molecule has 2 heterocycles. The first kappa shape index (κ1) is 14.8. The van der Waals surface area contributed by atoms with Crippen molar-refractivity contribution < 1.29 is 4.79 Å². The van der Waals surface area contributed by atoms with Crippen LogP contribution < -0.4 is 5.32 Å². The first-order valence-electron chi connectivity index (χ1n) is 6.29. The van der Waals surface area contributed by atoms with E-state index >= 15 is 0 Å². The summed E-state index contributed by atoms with van der Waals surface area (Å²) in [7, 11) is 1.77. The second-order valence-electron chi connectivity index (χ2n) is 4.33. The lowest BCUT2D eigenvalue weighted by molar-refractivity contribution is 0.0786. The standard InChI is InChI=1S/C14H16ClN3OS/c1-3-16-13-7-4-10(8-17-13)14(19)18(2)9-11-5-6-12(15)20-11/h4-8H,3,9H2,1-2H3,(H,16,17). The number of rotatable bonds is 5. The van der Waals surface area contributed by atoms with Gasteiger partial charge in [0.25, 0.3) is 5.91 Å². The van der Waals surface area contributed by atoms with Crippen LogP contribution >= 0.6 is 22.9 Å². The molecule has 1 amide bonds. The van der Waals surface area contributed by atoms with Crippen LogP contribution in [0.5, 0.6) is 0 Å². The van der Waals surface area contributed by atoms with Crippen molar-refractivity contribution in [3.8, 4) is 0 Å². The third-order valence-electron chi connectivity index (χ3n) is 2.74. The van der Waals surface area contributed by atoms with Crippen LogP contribution in [0.3, 0.4) is 0 Å². The van der Waals surface area contributed by atoms with Gasteiger partial charge in [-0.25, -0.2) is 4.98 Å². The molecule has 20 heavy (non-hydrogen) atoms. The predicted octanol–water partition coefficient (Wildman–Crippen LogP) is 3.50. The predicted molar refractivity (Wildman–Crippen MR) is 83.5 cm³/mol. The molecule has 0 aromatic carbocycles. The van der Waals surface area contributed by atoms with E-state index in [2.05, 4.69) is 10.3 Å². The second-order valence-corrected chi connectivity index (χ2v) is 6.13. The van der Waals surface area contributed by atoms with Gasteiger partial charge in [0.05, 0.1) is 16.4 Å². The van der Waals surface area contributed by atoms with Gasteiger partial charge in [0.1, 0.15) is 5.82 Å². The zero-order valence-electron chi connectivity index (χ0n) is 11.4. The van der Waals surface area contributed by atoms with Crippen molar-refractivity contribution in [2.75, 3.05) is 18.9 Å². The highest BCUT2D eigenvalue weighted by Gasteiger charge is 2.13. The Bertz CT molecular complexity index is 582. The Balaban J connectivity index is 2.02. The second kappa shape index (κ2) is 6.72. The number of anilines is 1. The number of pyridine rings is 1. The zero-order valence-corrected chi connectivity index (χ0v) is 13.0. The SMILES string of the molecule is CCNc1ccc(C(=O)N(C)Cc2ccc(Cl)s2)cn1. The lowest BCUT2D eigenvalue weighted by atomic mass is 10.2. The number of halogens is 1. The van der Waals surface area contributed by atoms with E-state index in [1.54, 1.807) is 24.2 Å². The number of carbonyl (C=O) groups is 1. The average molecular weight is 310 g/mol.